The summed E-state index contributed by atoms with van der Waals surface area (Å²) in [4.78, 5) is 0. The topological polar surface area (TPSA) is 9.23 Å². The van der Waals surface area contributed by atoms with Crippen LogP contribution in [0.2, 0.25) is 0 Å². The Bertz CT molecular complexity index is 1110. The number of allylic oxidation sites excluding steroid dienone is 8. The Labute approximate surface area is 211 Å². The first-order valence-corrected chi connectivity index (χ1v) is 14.7. The highest BCUT2D eigenvalue weighted by Gasteiger charge is 2.43. The third-order valence-electron chi connectivity index (χ3n) is 7.76. The fourth-order valence-electron chi connectivity index (χ4n) is 5.91. The van der Waals surface area contributed by atoms with Crippen LogP contribution < -0.4 is 15.6 Å². The predicted molar refractivity (Wildman–Crippen MR) is 151 cm³/mol. The fraction of sp³-hybridized carbons (Fsp3) is 0.212. The van der Waals surface area contributed by atoms with Crippen LogP contribution in [0.5, 0.6) is 0 Å². The van der Waals surface area contributed by atoms with Crippen molar-refractivity contribution in [3.63, 3.8) is 0 Å². The summed E-state index contributed by atoms with van der Waals surface area (Å²) in [5, 5.41) is 3.88. The minimum atomic E-state index is -2.69. The van der Waals surface area contributed by atoms with Crippen molar-refractivity contribution in [2.75, 3.05) is 6.61 Å². The minimum absolute atomic E-state index is 0.0528. The van der Waals surface area contributed by atoms with Crippen LogP contribution in [0, 0.1) is 5.41 Å². The lowest BCUT2D eigenvalue weighted by Crippen LogP contribution is -2.69. The summed E-state index contributed by atoms with van der Waals surface area (Å²) in [5.74, 6) is 0. The largest absolute Gasteiger partial charge is 0.404 e. The molecule has 0 amide bonds. The zero-order valence-electron chi connectivity index (χ0n) is 20.6. The Morgan fingerprint density at radius 1 is 0.657 bits per heavy atom. The van der Waals surface area contributed by atoms with E-state index >= 15 is 0 Å². The molecule has 0 aromatic heterocycles. The van der Waals surface area contributed by atoms with Gasteiger partial charge in [-0.25, -0.2) is 0 Å². The van der Waals surface area contributed by atoms with Crippen LogP contribution in [-0.2, 0) is 4.43 Å². The summed E-state index contributed by atoms with van der Waals surface area (Å²) < 4.78 is 7.31. The minimum Gasteiger partial charge on any atom is -0.404 e. The SMILES string of the molecule is CCC(CCO[Si](c1ccccc1)(c1ccccc1)c1ccccc1)(C1=CC=CC1)C1=CC=CC1. The molecule has 0 atom stereocenters. The molecule has 2 aliphatic carbocycles. The molecule has 2 aliphatic rings. The second kappa shape index (κ2) is 10.6. The van der Waals surface area contributed by atoms with Crippen LogP contribution in [0.15, 0.2) is 139 Å². The molecular weight excluding hydrogens is 440 g/mol. The van der Waals surface area contributed by atoms with Crippen molar-refractivity contribution >= 4 is 23.9 Å². The quantitative estimate of drug-likeness (QED) is 0.250. The van der Waals surface area contributed by atoms with E-state index in [0.29, 0.717) is 6.61 Å². The van der Waals surface area contributed by atoms with Gasteiger partial charge in [-0.15, -0.1) is 0 Å². The standard InChI is InChI=1S/C33H34OSi/c1-2-33(28-16-12-13-17-28,29-18-14-15-19-29)26-27-34-35(30-20-6-3-7-21-30,31-22-8-4-9-23-31)32-24-10-5-11-25-32/h3-16,18,20-25H,2,17,19,26-27H2,1H3. The van der Waals surface area contributed by atoms with Crippen LogP contribution in [0.4, 0.5) is 0 Å². The van der Waals surface area contributed by atoms with Gasteiger partial charge in [-0.1, -0.05) is 146 Å². The predicted octanol–water partition coefficient (Wildman–Crippen LogP) is 6.23. The molecule has 2 heteroatoms. The smallest absolute Gasteiger partial charge is 0.288 e. The van der Waals surface area contributed by atoms with Gasteiger partial charge in [0, 0.05) is 12.0 Å². The van der Waals surface area contributed by atoms with Gasteiger partial charge in [-0.3, -0.25) is 0 Å². The highest BCUT2D eigenvalue weighted by atomic mass is 28.4. The average Bonchev–Trinajstić information content (AvgIpc) is 3.67. The molecule has 0 unspecified atom stereocenters. The van der Waals surface area contributed by atoms with Crippen molar-refractivity contribution in [3.8, 4) is 0 Å². The van der Waals surface area contributed by atoms with E-state index in [4.69, 9.17) is 4.43 Å². The van der Waals surface area contributed by atoms with Crippen LogP contribution in [-0.4, -0.2) is 14.9 Å². The molecule has 0 saturated carbocycles. The molecule has 3 aromatic carbocycles. The van der Waals surface area contributed by atoms with Gasteiger partial charge in [-0.2, -0.15) is 0 Å². The third kappa shape index (κ3) is 4.45. The highest BCUT2D eigenvalue weighted by molar-refractivity contribution is 7.07. The summed E-state index contributed by atoms with van der Waals surface area (Å²) in [5.41, 5.74) is 3.12. The van der Waals surface area contributed by atoms with E-state index in [1.807, 2.05) is 0 Å². The van der Waals surface area contributed by atoms with Crippen molar-refractivity contribution in [3.05, 3.63) is 139 Å². The van der Waals surface area contributed by atoms with Crippen LogP contribution in [0.25, 0.3) is 0 Å². The molecule has 0 N–H and O–H groups in total. The van der Waals surface area contributed by atoms with Gasteiger partial charge >= 0.3 is 0 Å². The molecule has 0 radical (unpaired) electrons. The molecule has 35 heavy (non-hydrogen) atoms. The molecule has 0 spiro atoms. The maximum absolute atomic E-state index is 7.31. The summed E-state index contributed by atoms with van der Waals surface area (Å²) in [6.45, 7) is 3.06. The summed E-state index contributed by atoms with van der Waals surface area (Å²) >= 11 is 0. The Hall–Kier alpha value is -3.20. The molecule has 5 rings (SSSR count). The van der Waals surface area contributed by atoms with Gasteiger partial charge in [0.15, 0.2) is 0 Å². The Kier molecular flexibility index (Phi) is 7.13. The summed E-state index contributed by atoms with van der Waals surface area (Å²) in [6, 6.07) is 32.7. The molecule has 0 heterocycles. The number of hydrogen-bond donors (Lipinski definition) is 0. The maximum atomic E-state index is 7.31. The van der Waals surface area contributed by atoms with E-state index in [1.165, 1.54) is 26.7 Å². The van der Waals surface area contributed by atoms with E-state index in [-0.39, 0.29) is 5.41 Å². The van der Waals surface area contributed by atoms with Gasteiger partial charge < -0.3 is 4.43 Å². The van der Waals surface area contributed by atoms with E-state index in [9.17, 15) is 0 Å². The third-order valence-corrected chi connectivity index (χ3v) is 11.8. The van der Waals surface area contributed by atoms with Crippen LogP contribution in [0.3, 0.4) is 0 Å². The first-order valence-electron chi connectivity index (χ1n) is 12.8. The second-order valence-corrected chi connectivity index (χ2v) is 12.8. The maximum Gasteiger partial charge on any atom is 0.288 e. The zero-order valence-corrected chi connectivity index (χ0v) is 21.6. The summed E-state index contributed by atoms with van der Waals surface area (Å²) in [6.07, 6.45) is 17.9. The Balaban J connectivity index is 1.55. The van der Waals surface area contributed by atoms with Crippen molar-refractivity contribution in [2.45, 2.75) is 32.6 Å². The Morgan fingerprint density at radius 2 is 1.09 bits per heavy atom. The van der Waals surface area contributed by atoms with Gasteiger partial charge in [0.2, 0.25) is 0 Å². The molecular formula is C33H34OSi. The van der Waals surface area contributed by atoms with Gasteiger partial charge in [-0.05, 0) is 41.2 Å². The lowest BCUT2D eigenvalue weighted by Gasteiger charge is -2.39. The molecule has 0 bridgehead atoms. The van der Waals surface area contributed by atoms with E-state index < -0.39 is 8.32 Å². The zero-order chi connectivity index (χ0) is 24.0. The number of hydrogen-bond acceptors (Lipinski definition) is 1. The van der Waals surface area contributed by atoms with Gasteiger partial charge in [0.1, 0.15) is 0 Å². The summed E-state index contributed by atoms with van der Waals surface area (Å²) in [7, 11) is -2.69. The van der Waals surface area contributed by atoms with Gasteiger partial charge in [0.25, 0.3) is 8.32 Å². The lowest BCUT2D eigenvalue weighted by molar-refractivity contribution is 0.246. The normalized spacial score (nSPS) is 15.3. The van der Waals surface area contributed by atoms with E-state index in [0.717, 1.165) is 25.7 Å². The van der Waals surface area contributed by atoms with E-state index in [1.54, 1.807) is 0 Å². The first-order chi connectivity index (χ1) is 17.3. The average molecular weight is 475 g/mol. The molecule has 1 nitrogen and oxygen atoms in total. The number of rotatable bonds is 10. The fourth-order valence-corrected chi connectivity index (χ4v) is 9.80. The monoisotopic (exact) mass is 474 g/mol. The molecule has 3 aromatic rings. The van der Waals surface area contributed by atoms with Gasteiger partial charge in [0.05, 0.1) is 0 Å². The first kappa shape index (κ1) is 23.5. The second-order valence-electron chi connectivity index (χ2n) is 9.46. The van der Waals surface area contributed by atoms with Crippen molar-refractivity contribution in [1.29, 1.82) is 0 Å². The highest BCUT2D eigenvalue weighted by Crippen LogP contribution is 2.48. The lowest BCUT2D eigenvalue weighted by atomic mass is 9.68. The Morgan fingerprint density at radius 3 is 1.43 bits per heavy atom. The molecule has 176 valence electrons. The molecule has 0 aliphatic heterocycles. The van der Waals surface area contributed by atoms with Crippen molar-refractivity contribution < 1.29 is 4.43 Å². The van der Waals surface area contributed by atoms with Crippen molar-refractivity contribution in [2.24, 2.45) is 5.41 Å². The number of benzene rings is 3. The molecule has 0 fully saturated rings. The molecule has 0 saturated heterocycles. The van der Waals surface area contributed by atoms with Crippen LogP contribution in [0.1, 0.15) is 32.6 Å². The van der Waals surface area contributed by atoms with Crippen LogP contribution >= 0.6 is 0 Å². The van der Waals surface area contributed by atoms with E-state index in [2.05, 4.69) is 134 Å². The van der Waals surface area contributed by atoms with Crippen molar-refractivity contribution in [1.82, 2.24) is 0 Å².